The van der Waals surface area contributed by atoms with E-state index in [2.05, 4.69) is 21.2 Å². The van der Waals surface area contributed by atoms with Gasteiger partial charge in [-0.1, -0.05) is 0 Å². The van der Waals surface area contributed by atoms with E-state index in [1.54, 1.807) is 0 Å². The highest BCUT2D eigenvalue weighted by molar-refractivity contribution is 9.10. The van der Waals surface area contributed by atoms with Crippen LogP contribution in [0.15, 0.2) is 16.6 Å². The normalized spacial score (nSPS) is 23.7. The summed E-state index contributed by atoms with van der Waals surface area (Å²) in [7, 11) is 0. The number of halogens is 3. The van der Waals surface area contributed by atoms with Crippen molar-refractivity contribution in [2.75, 3.05) is 18.0 Å². The van der Waals surface area contributed by atoms with Gasteiger partial charge in [0.2, 0.25) is 0 Å². The highest BCUT2D eigenvalue weighted by atomic mass is 79.9. The first-order valence-electron chi connectivity index (χ1n) is 6.29. The van der Waals surface area contributed by atoms with Gasteiger partial charge < -0.3 is 10.2 Å². The van der Waals surface area contributed by atoms with E-state index in [1.807, 2.05) is 4.90 Å². The fourth-order valence-corrected chi connectivity index (χ4v) is 2.77. The van der Waals surface area contributed by atoms with E-state index < -0.39 is 5.82 Å². The molecule has 1 saturated carbocycles. The lowest BCUT2D eigenvalue weighted by atomic mass is 10.2. The van der Waals surface area contributed by atoms with Crippen LogP contribution in [0.4, 0.5) is 14.5 Å². The number of nitrogens with one attached hydrogen (secondary N) is 1. The van der Waals surface area contributed by atoms with Gasteiger partial charge in [0, 0.05) is 31.2 Å². The van der Waals surface area contributed by atoms with Crippen LogP contribution < -0.4 is 10.2 Å². The number of benzene rings is 1. The molecule has 98 valence electrons. The van der Waals surface area contributed by atoms with E-state index in [4.69, 9.17) is 0 Å². The molecule has 1 aromatic rings. The Morgan fingerprint density at radius 1 is 1.11 bits per heavy atom. The molecule has 1 aliphatic carbocycles. The maximum Gasteiger partial charge on any atom is 0.147 e. The monoisotopic (exact) mass is 316 g/mol. The van der Waals surface area contributed by atoms with Crippen LogP contribution in [0.2, 0.25) is 0 Å². The van der Waals surface area contributed by atoms with Gasteiger partial charge in [0.1, 0.15) is 11.6 Å². The molecule has 0 aromatic heterocycles. The van der Waals surface area contributed by atoms with Crippen LogP contribution in [-0.2, 0) is 0 Å². The molecule has 3 rings (SSSR count). The highest BCUT2D eigenvalue weighted by Crippen LogP contribution is 2.29. The standard InChI is InChI=1S/C13H15BrF2N2/c14-10-5-12(16)13(6-11(10)15)18-4-3-9(7-18)17-8-1-2-8/h5-6,8-9,17H,1-4,7H2. The third kappa shape index (κ3) is 2.52. The second-order valence-corrected chi connectivity index (χ2v) is 5.94. The molecule has 1 saturated heterocycles. The summed E-state index contributed by atoms with van der Waals surface area (Å²) in [5.41, 5.74) is 0.371. The molecule has 1 aromatic carbocycles. The van der Waals surface area contributed by atoms with E-state index in [9.17, 15) is 8.78 Å². The topological polar surface area (TPSA) is 15.3 Å². The summed E-state index contributed by atoms with van der Waals surface area (Å²) in [6.45, 7) is 1.54. The Morgan fingerprint density at radius 2 is 1.89 bits per heavy atom. The summed E-state index contributed by atoms with van der Waals surface area (Å²) in [5.74, 6) is -0.777. The molecule has 1 heterocycles. The van der Waals surface area contributed by atoms with Crippen LogP contribution >= 0.6 is 15.9 Å². The summed E-state index contributed by atoms with van der Waals surface area (Å²) >= 11 is 3.00. The maximum absolute atomic E-state index is 13.8. The molecular formula is C13H15BrF2N2. The molecule has 1 aliphatic heterocycles. The molecule has 0 spiro atoms. The Bertz CT molecular complexity index is 463. The van der Waals surface area contributed by atoms with Crippen LogP contribution in [0.3, 0.4) is 0 Å². The minimum atomic E-state index is -0.412. The number of hydrogen-bond donors (Lipinski definition) is 1. The van der Waals surface area contributed by atoms with E-state index in [1.165, 1.54) is 25.0 Å². The highest BCUT2D eigenvalue weighted by Gasteiger charge is 2.30. The quantitative estimate of drug-likeness (QED) is 0.862. The van der Waals surface area contributed by atoms with Crippen molar-refractivity contribution in [2.45, 2.75) is 31.3 Å². The van der Waals surface area contributed by atoms with Gasteiger partial charge in [-0.2, -0.15) is 0 Å². The Balaban J connectivity index is 1.73. The summed E-state index contributed by atoms with van der Waals surface area (Å²) in [6.07, 6.45) is 3.49. The largest absolute Gasteiger partial charge is 0.367 e. The number of rotatable bonds is 3. The van der Waals surface area contributed by atoms with Gasteiger partial charge in [0.15, 0.2) is 0 Å². The van der Waals surface area contributed by atoms with Crippen LogP contribution in [0.1, 0.15) is 19.3 Å². The van der Waals surface area contributed by atoms with Gasteiger partial charge in [-0.25, -0.2) is 8.78 Å². The molecule has 0 radical (unpaired) electrons. The third-order valence-corrected chi connectivity index (χ3v) is 4.18. The summed E-state index contributed by atoms with van der Waals surface area (Å²) < 4.78 is 27.5. The second-order valence-electron chi connectivity index (χ2n) is 5.09. The minimum absolute atomic E-state index is 0.176. The number of hydrogen-bond acceptors (Lipinski definition) is 2. The zero-order chi connectivity index (χ0) is 12.7. The number of anilines is 1. The van der Waals surface area contributed by atoms with Crippen LogP contribution in [0.25, 0.3) is 0 Å². The first-order valence-corrected chi connectivity index (χ1v) is 7.08. The van der Waals surface area contributed by atoms with E-state index in [0.717, 1.165) is 19.5 Å². The van der Waals surface area contributed by atoms with Crippen molar-refractivity contribution < 1.29 is 8.78 Å². The van der Waals surface area contributed by atoms with Crippen LogP contribution in [-0.4, -0.2) is 25.2 Å². The Labute approximate surface area is 113 Å². The molecule has 2 fully saturated rings. The summed E-state index contributed by atoms with van der Waals surface area (Å²) in [5, 5.41) is 3.53. The van der Waals surface area contributed by atoms with Gasteiger partial charge in [0.05, 0.1) is 10.2 Å². The predicted octanol–water partition coefficient (Wildman–Crippen LogP) is 3.06. The molecule has 2 aliphatic rings. The van der Waals surface area contributed by atoms with Crippen molar-refractivity contribution in [1.82, 2.24) is 5.32 Å². The van der Waals surface area contributed by atoms with Gasteiger partial charge in [-0.3, -0.25) is 0 Å². The van der Waals surface area contributed by atoms with Gasteiger partial charge in [0.25, 0.3) is 0 Å². The lowest BCUT2D eigenvalue weighted by Crippen LogP contribution is -2.34. The summed E-state index contributed by atoms with van der Waals surface area (Å²) in [6, 6.07) is 3.54. The van der Waals surface area contributed by atoms with Crippen molar-refractivity contribution in [1.29, 1.82) is 0 Å². The lowest BCUT2D eigenvalue weighted by molar-refractivity contribution is 0.547. The van der Waals surface area contributed by atoms with Crippen molar-refractivity contribution in [3.63, 3.8) is 0 Å². The van der Waals surface area contributed by atoms with Crippen molar-refractivity contribution in [3.8, 4) is 0 Å². The fourth-order valence-electron chi connectivity index (χ4n) is 2.45. The van der Waals surface area contributed by atoms with Gasteiger partial charge in [-0.15, -0.1) is 0 Å². The first-order chi connectivity index (χ1) is 8.63. The molecule has 1 N–H and O–H groups in total. The van der Waals surface area contributed by atoms with E-state index >= 15 is 0 Å². The van der Waals surface area contributed by atoms with Crippen LogP contribution in [0.5, 0.6) is 0 Å². The van der Waals surface area contributed by atoms with E-state index in [0.29, 0.717) is 17.8 Å². The minimum Gasteiger partial charge on any atom is -0.367 e. The molecule has 0 bridgehead atoms. The fraction of sp³-hybridized carbons (Fsp3) is 0.538. The molecule has 18 heavy (non-hydrogen) atoms. The van der Waals surface area contributed by atoms with E-state index in [-0.39, 0.29) is 10.3 Å². The Kier molecular flexibility index (Phi) is 3.28. The zero-order valence-electron chi connectivity index (χ0n) is 9.93. The maximum atomic E-state index is 13.8. The molecule has 0 amide bonds. The van der Waals surface area contributed by atoms with Crippen LogP contribution in [0, 0.1) is 11.6 Å². The smallest absolute Gasteiger partial charge is 0.147 e. The van der Waals surface area contributed by atoms with Gasteiger partial charge >= 0.3 is 0 Å². The van der Waals surface area contributed by atoms with Crippen molar-refractivity contribution in [3.05, 3.63) is 28.2 Å². The molecule has 1 unspecified atom stereocenters. The Hall–Kier alpha value is -0.680. The lowest BCUT2D eigenvalue weighted by Gasteiger charge is -2.20. The van der Waals surface area contributed by atoms with Gasteiger partial charge in [-0.05, 0) is 41.3 Å². The first kappa shape index (κ1) is 12.4. The van der Waals surface area contributed by atoms with Crippen molar-refractivity contribution >= 4 is 21.6 Å². The molecular weight excluding hydrogens is 302 g/mol. The predicted molar refractivity (Wildman–Crippen MR) is 70.8 cm³/mol. The van der Waals surface area contributed by atoms with Crippen molar-refractivity contribution in [2.24, 2.45) is 0 Å². The number of nitrogens with zero attached hydrogens (tertiary/aromatic N) is 1. The zero-order valence-corrected chi connectivity index (χ0v) is 11.5. The average Bonchev–Trinajstić information content (AvgIpc) is 3.01. The molecule has 2 nitrogen and oxygen atoms in total. The SMILES string of the molecule is Fc1cc(N2CCC(NC3CC3)C2)c(F)cc1Br. The summed E-state index contributed by atoms with van der Waals surface area (Å²) in [4.78, 5) is 1.92. The third-order valence-electron chi connectivity index (χ3n) is 3.57. The molecule has 5 heteroatoms. The average molecular weight is 317 g/mol. The second kappa shape index (κ2) is 4.78. The Morgan fingerprint density at radius 3 is 2.61 bits per heavy atom. The molecule has 1 atom stereocenters.